The zero-order valence-corrected chi connectivity index (χ0v) is 13.4. The van der Waals surface area contributed by atoms with Crippen LogP contribution in [0.15, 0.2) is 24.3 Å². The van der Waals surface area contributed by atoms with Crippen molar-refractivity contribution in [1.29, 1.82) is 0 Å². The Labute approximate surface area is 127 Å². The highest BCUT2D eigenvalue weighted by Crippen LogP contribution is 2.11. The first kappa shape index (κ1) is 16.3. The van der Waals surface area contributed by atoms with Crippen molar-refractivity contribution in [3.63, 3.8) is 0 Å². The predicted octanol–water partition coefficient (Wildman–Crippen LogP) is 1.56. The van der Waals surface area contributed by atoms with Gasteiger partial charge in [-0.2, -0.15) is 0 Å². The summed E-state index contributed by atoms with van der Waals surface area (Å²) in [7, 11) is -3.31. The molecular formula is C15H25N3O2S. The Morgan fingerprint density at radius 3 is 2.43 bits per heavy atom. The molecule has 0 radical (unpaired) electrons. The van der Waals surface area contributed by atoms with Crippen molar-refractivity contribution in [3.8, 4) is 0 Å². The van der Waals surface area contributed by atoms with Crippen molar-refractivity contribution >= 4 is 15.7 Å². The van der Waals surface area contributed by atoms with Gasteiger partial charge in [-0.15, -0.1) is 0 Å². The van der Waals surface area contributed by atoms with Gasteiger partial charge in [-0.25, -0.2) is 13.1 Å². The van der Waals surface area contributed by atoms with Crippen LogP contribution in [0.2, 0.25) is 0 Å². The number of sulfonamides is 1. The number of piperidine rings is 1. The molecular weight excluding hydrogens is 286 g/mol. The van der Waals surface area contributed by atoms with E-state index in [2.05, 4.69) is 9.62 Å². The average Bonchev–Trinajstić information content (AvgIpc) is 2.41. The fourth-order valence-electron chi connectivity index (χ4n) is 2.75. The summed E-state index contributed by atoms with van der Waals surface area (Å²) in [4.78, 5) is 2.33. The van der Waals surface area contributed by atoms with Crippen molar-refractivity contribution in [2.24, 2.45) is 0 Å². The normalized spacial score (nSPS) is 18.5. The van der Waals surface area contributed by atoms with E-state index in [1.54, 1.807) is 24.3 Å². The molecule has 0 saturated carbocycles. The standard InChI is InChI=1S/C15H25N3O2S/c1-13(11-18-9-3-2-4-10-18)17-21(19,20)12-14-5-7-15(16)8-6-14/h5-8,13,17H,2-4,9-12,16H2,1H3. The molecule has 1 saturated heterocycles. The lowest BCUT2D eigenvalue weighted by Gasteiger charge is -2.29. The van der Waals surface area contributed by atoms with E-state index in [9.17, 15) is 8.42 Å². The molecule has 1 fully saturated rings. The summed E-state index contributed by atoms with van der Waals surface area (Å²) in [5.41, 5.74) is 7.00. The van der Waals surface area contributed by atoms with Crippen molar-refractivity contribution in [2.45, 2.75) is 38.0 Å². The van der Waals surface area contributed by atoms with Crippen molar-refractivity contribution in [3.05, 3.63) is 29.8 Å². The molecule has 118 valence electrons. The van der Waals surface area contributed by atoms with Gasteiger partial charge in [0.15, 0.2) is 0 Å². The summed E-state index contributed by atoms with van der Waals surface area (Å²) >= 11 is 0. The number of benzene rings is 1. The SMILES string of the molecule is CC(CN1CCCCC1)NS(=O)(=O)Cc1ccc(N)cc1. The van der Waals surface area contributed by atoms with Crippen LogP contribution in [0.5, 0.6) is 0 Å². The summed E-state index contributed by atoms with van der Waals surface area (Å²) in [6.45, 7) is 4.85. The highest BCUT2D eigenvalue weighted by molar-refractivity contribution is 7.88. The van der Waals surface area contributed by atoms with Crippen LogP contribution in [-0.4, -0.2) is 39.0 Å². The summed E-state index contributed by atoms with van der Waals surface area (Å²) < 4.78 is 27.1. The second-order valence-electron chi connectivity index (χ2n) is 5.88. The van der Waals surface area contributed by atoms with Gasteiger partial charge in [-0.1, -0.05) is 18.6 Å². The molecule has 5 nitrogen and oxygen atoms in total. The summed E-state index contributed by atoms with van der Waals surface area (Å²) in [6.07, 6.45) is 3.71. The zero-order chi connectivity index (χ0) is 15.3. The second-order valence-corrected chi connectivity index (χ2v) is 7.63. The highest BCUT2D eigenvalue weighted by atomic mass is 32.2. The van der Waals surface area contributed by atoms with Gasteiger partial charge < -0.3 is 10.6 Å². The van der Waals surface area contributed by atoms with Crippen LogP contribution in [0.25, 0.3) is 0 Å². The maximum atomic E-state index is 12.2. The number of anilines is 1. The average molecular weight is 311 g/mol. The van der Waals surface area contributed by atoms with Gasteiger partial charge in [-0.3, -0.25) is 0 Å². The van der Waals surface area contributed by atoms with Crippen molar-refractivity contribution in [2.75, 3.05) is 25.4 Å². The van der Waals surface area contributed by atoms with Crippen molar-refractivity contribution in [1.82, 2.24) is 9.62 Å². The van der Waals surface area contributed by atoms with Gasteiger partial charge in [0.2, 0.25) is 10.0 Å². The minimum absolute atomic E-state index is 0.00236. The van der Waals surface area contributed by atoms with Gasteiger partial charge in [0.05, 0.1) is 5.75 Å². The molecule has 1 aromatic rings. The number of nitrogens with one attached hydrogen (secondary N) is 1. The smallest absolute Gasteiger partial charge is 0.216 e. The highest BCUT2D eigenvalue weighted by Gasteiger charge is 2.18. The van der Waals surface area contributed by atoms with Gasteiger partial charge in [0.1, 0.15) is 0 Å². The first-order chi connectivity index (χ1) is 9.94. The summed E-state index contributed by atoms with van der Waals surface area (Å²) in [5, 5.41) is 0. The van der Waals surface area contributed by atoms with E-state index in [4.69, 9.17) is 5.73 Å². The van der Waals surface area contributed by atoms with E-state index < -0.39 is 10.0 Å². The second kappa shape index (κ2) is 7.24. The van der Waals surface area contributed by atoms with Crippen LogP contribution in [-0.2, 0) is 15.8 Å². The molecule has 0 spiro atoms. The first-order valence-electron chi connectivity index (χ1n) is 7.51. The molecule has 0 aromatic heterocycles. The largest absolute Gasteiger partial charge is 0.399 e. The van der Waals surface area contributed by atoms with E-state index in [0.717, 1.165) is 25.2 Å². The summed E-state index contributed by atoms with van der Waals surface area (Å²) in [6, 6.07) is 6.89. The number of hydrogen-bond donors (Lipinski definition) is 2. The Bertz CT molecular complexity index is 537. The van der Waals surface area contributed by atoms with Crippen molar-refractivity contribution < 1.29 is 8.42 Å². The van der Waals surface area contributed by atoms with E-state index in [-0.39, 0.29) is 11.8 Å². The van der Waals surface area contributed by atoms with Crippen LogP contribution in [0.1, 0.15) is 31.7 Å². The molecule has 1 heterocycles. The zero-order valence-electron chi connectivity index (χ0n) is 12.6. The number of nitrogens with zero attached hydrogens (tertiary/aromatic N) is 1. The first-order valence-corrected chi connectivity index (χ1v) is 9.16. The van der Waals surface area contributed by atoms with E-state index in [1.165, 1.54) is 19.3 Å². The third kappa shape index (κ3) is 5.65. The van der Waals surface area contributed by atoms with Crippen LogP contribution < -0.4 is 10.5 Å². The van der Waals surface area contributed by atoms with Gasteiger partial charge in [-0.05, 0) is 50.6 Å². The van der Waals surface area contributed by atoms with Crippen LogP contribution in [0.4, 0.5) is 5.69 Å². The Balaban J connectivity index is 1.86. The monoisotopic (exact) mass is 311 g/mol. The Hall–Kier alpha value is -1.11. The van der Waals surface area contributed by atoms with Gasteiger partial charge in [0.25, 0.3) is 0 Å². The third-order valence-electron chi connectivity index (χ3n) is 3.70. The molecule has 21 heavy (non-hydrogen) atoms. The van der Waals surface area contributed by atoms with Gasteiger partial charge in [0, 0.05) is 18.3 Å². The number of rotatable bonds is 6. The molecule has 0 aliphatic carbocycles. The molecule has 1 atom stereocenters. The molecule has 6 heteroatoms. The minimum Gasteiger partial charge on any atom is -0.399 e. The molecule has 1 aromatic carbocycles. The lowest BCUT2D eigenvalue weighted by atomic mass is 10.1. The molecule has 0 bridgehead atoms. The lowest BCUT2D eigenvalue weighted by Crippen LogP contribution is -2.43. The maximum absolute atomic E-state index is 12.2. The van der Waals surface area contributed by atoms with Crippen LogP contribution in [0.3, 0.4) is 0 Å². The molecule has 0 amide bonds. The fourth-order valence-corrected chi connectivity index (χ4v) is 4.15. The topological polar surface area (TPSA) is 75.4 Å². The molecule has 1 aliphatic rings. The molecule has 3 N–H and O–H groups in total. The number of nitrogens with two attached hydrogens (primary N) is 1. The van der Waals surface area contributed by atoms with Crippen LogP contribution in [0, 0.1) is 0 Å². The Kier molecular flexibility index (Phi) is 5.61. The number of nitrogen functional groups attached to an aromatic ring is 1. The van der Waals surface area contributed by atoms with Crippen LogP contribution >= 0.6 is 0 Å². The Morgan fingerprint density at radius 1 is 1.19 bits per heavy atom. The Morgan fingerprint density at radius 2 is 1.81 bits per heavy atom. The predicted molar refractivity (Wildman–Crippen MR) is 86.4 cm³/mol. The minimum atomic E-state index is -3.31. The molecule has 2 rings (SSSR count). The third-order valence-corrected chi connectivity index (χ3v) is 5.17. The number of likely N-dealkylation sites (tertiary alicyclic amines) is 1. The van der Waals surface area contributed by atoms with E-state index >= 15 is 0 Å². The number of hydrogen-bond acceptors (Lipinski definition) is 4. The quantitative estimate of drug-likeness (QED) is 0.782. The summed E-state index contributed by atoms with van der Waals surface area (Å²) in [5.74, 6) is -0.00236. The fraction of sp³-hybridized carbons (Fsp3) is 0.600. The van der Waals surface area contributed by atoms with E-state index in [0.29, 0.717) is 5.69 Å². The van der Waals surface area contributed by atoms with Gasteiger partial charge >= 0.3 is 0 Å². The molecule has 1 unspecified atom stereocenters. The maximum Gasteiger partial charge on any atom is 0.216 e. The van der Waals surface area contributed by atoms with E-state index in [1.807, 2.05) is 6.92 Å². The molecule has 1 aliphatic heterocycles. The lowest BCUT2D eigenvalue weighted by molar-refractivity contribution is 0.215.